The summed E-state index contributed by atoms with van der Waals surface area (Å²) in [6.07, 6.45) is 0.788. The van der Waals surface area contributed by atoms with Gasteiger partial charge in [-0.3, -0.25) is 0 Å². The lowest BCUT2D eigenvalue weighted by molar-refractivity contribution is 0.381. The summed E-state index contributed by atoms with van der Waals surface area (Å²) in [5.41, 5.74) is -0.478. The largest absolute Gasteiger partial charge is 0.462 e. The molecule has 0 fully saturated rings. The van der Waals surface area contributed by atoms with Gasteiger partial charge in [-0.1, -0.05) is 20.8 Å². The summed E-state index contributed by atoms with van der Waals surface area (Å²) >= 11 is 0. The van der Waals surface area contributed by atoms with Gasteiger partial charge < -0.3 is 4.42 Å². The van der Waals surface area contributed by atoms with Crippen LogP contribution in [0, 0.1) is 11.6 Å². The van der Waals surface area contributed by atoms with Crippen molar-refractivity contribution < 1.29 is 13.2 Å². The molecule has 0 aromatic carbocycles. The Labute approximate surface area is 64.0 Å². The number of halogens is 2. The van der Waals surface area contributed by atoms with Gasteiger partial charge in [-0.25, -0.2) is 4.39 Å². The van der Waals surface area contributed by atoms with E-state index in [0.29, 0.717) is 0 Å². The van der Waals surface area contributed by atoms with E-state index in [4.69, 9.17) is 4.42 Å². The Balaban J connectivity index is 3.15. The molecule has 0 saturated heterocycles. The third-order valence-corrected chi connectivity index (χ3v) is 1.37. The standard InChI is InChI=1S/C8H10F2O/c1-8(2,3)7-6(10)5(9)4-11-7/h4H,1-3H3. The molecule has 3 heteroatoms. The minimum absolute atomic E-state index is 0.0648. The molecule has 0 aliphatic rings. The van der Waals surface area contributed by atoms with Crippen LogP contribution in [0.4, 0.5) is 8.78 Å². The smallest absolute Gasteiger partial charge is 0.200 e. The molecule has 0 bridgehead atoms. The highest BCUT2D eigenvalue weighted by Crippen LogP contribution is 2.27. The predicted octanol–water partition coefficient (Wildman–Crippen LogP) is 2.86. The van der Waals surface area contributed by atoms with Crippen LogP contribution in [0.3, 0.4) is 0 Å². The fourth-order valence-corrected chi connectivity index (χ4v) is 0.829. The second-order valence-electron chi connectivity index (χ2n) is 3.48. The van der Waals surface area contributed by atoms with Gasteiger partial charge in [0.2, 0.25) is 5.82 Å². The normalized spacial score (nSPS) is 12.1. The maximum Gasteiger partial charge on any atom is 0.200 e. The van der Waals surface area contributed by atoms with Crippen LogP contribution in [0.25, 0.3) is 0 Å². The average Bonchev–Trinajstić information content (AvgIpc) is 2.11. The zero-order valence-corrected chi connectivity index (χ0v) is 6.74. The van der Waals surface area contributed by atoms with Crippen LogP contribution < -0.4 is 0 Å². The summed E-state index contributed by atoms with van der Waals surface area (Å²) in [5, 5.41) is 0. The van der Waals surface area contributed by atoms with Crippen molar-refractivity contribution in [2.45, 2.75) is 26.2 Å². The first kappa shape index (κ1) is 8.24. The Hall–Kier alpha value is -0.860. The molecule has 1 heterocycles. The third kappa shape index (κ3) is 1.42. The van der Waals surface area contributed by atoms with Gasteiger partial charge in [-0.15, -0.1) is 0 Å². The molecular weight excluding hydrogens is 150 g/mol. The van der Waals surface area contributed by atoms with E-state index in [1.165, 1.54) is 0 Å². The highest BCUT2D eigenvalue weighted by molar-refractivity contribution is 5.13. The quantitative estimate of drug-likeness (QED) is 0.568. The molecule has 0 amide bonds. The molecule has 62 valence electrons. The monoisotopic (exact) mass is 160 g/mol. The number of hydrogen-bond acceptors (Lipinski definition) is 1. The summed E-state index contributed by atoms with van der Waals surface area (Å²) in [6.45, 7) is 5.27. The molecule has 0 N–H and O–H groups in total. The Bertz CT molecular complexity index is 258. The van der Waals surface area contributed by atoms with Crippen molar-refractivity contribution in [3.63, 3.8) is 0 Å². The van der Waals surface area contributed by atoms with Crippen LogP contribution in [-0.4, -0.2) is 0 Å². The second-order valence-corrected chi connectivity index (χ2v) is 3.48. The molecule has 1 aromatic rings. The van der Waals surface area contributed by atoms with Gasteiger partial charge >= 0.3 is 0 Å². The molecule has 0 atom stereocenters. The van der Waals surface area contributed by atoms with E-state index >= 15 is 0 Å². The Kier molecular flexibility index (Phi) is 1.74. The highest BCUT2D eigenvalue weighted by Gasteiger charge is 2.25. The average molecular weight is 160 g/mol. The molecule has 0 saturated carbocycles. The van der Waals surface area contributed by atoms with Crippen molar-refractivity contribution in [2.75, 3.05) is 0 Å². The highest BCUT2D eigenvalue weighted by atomic mass is 19.2. The van der Waals surface area contributed by atoms with E-state index in [9.17, 15) is 8.78 Å². The van der Waals surface area contributed by atoms with Crippen LogP contribution in [-0.2, 0) is 5.41 Å². The van der Waals surface area contributed by atoms with Crippen LogP contribution in [0.15, 0.2) is 10.7 Å². The van der Waals surface area contributed by atoms with E-state index in [0.717, 1.165) is 6.26 Å². The lowest BCUT2D eigenvalue weighted by Crippen LogP contribution is -2.11. The first-order valence-corrected chi connectivity index (χ1v) is 3.36. The van der Waals surface area contributed by atoms with Crippen molar-refractivity contribution in [1.29, 1.82) is 0 Å². The fraction of sp³-hybridized carbons (Fsp3) is 0.500. The predicted molar refractivity (Wildman–Crippen MR) is 37.3 cm³/mol. The van der Waals surface area contributed by atoms with Gasteiger partial charge in [0.05, 0.1) is 0 Å². The minimum Gasteiger partial charge on any atom is -0.462 e. The van der Waals surface area contributed by atoms with Gasteiger partial charge in [0, 0.05) is 5.41 Å². The molecule has 0 unspecified atom stereocenters. The van der Waals surface area contributed by atoms with Crippen molar-refractivity contribution >= 4 is 0 Å². The lowest BCUT2D eigenvalue weighted by Gasteiger charge is -2.13. The van der Waals surface area contributed by atoms with Gasteiger partial charge in [0.1, 0.15) is 12.0 Å². The summed E-state index contributed by atoms with van der Waals surface area (Å²) in [6, 6.07) is 0. The molecule has 1 aromatic heterocycles. The van der Waals surface area contributed by atoms with Gasteiger partial charge in [-0.2, -0.15) is 4.39 Å². The second kappa shape index (κ2) is 2.32. The fourth-order valence-electron chi connectivity index (χ4n) is 0.829. The molecule has 0 aliphatic heterocycles. The van der Waals surface area contributed by atoms with Crippen LogP contribution >= 0.6 is 0 Å². The molecule has 0 spiro atoms. The molecule has 1 nitrogen and oxygen atoms in total. The zero-order chi connectivity index (χ0) is 8.65. The molecule has 0 aliphatic carbocycles. The van der Waals surface area contributed by atoms with E-state index in [-0.39, 0.29) is 5.76 Å². The van der Waals surface area contributed by atoms with Gasteiger partial charge in [-0.05, 0) is 0 Å². The van der Waals surface area contributed by atoms with Crippen molar-refractivity contribution in [3.05, 3.63) is 23.7 Å². The maximum atomic E-state index is 12.8. The maximum absolute atomic E-state index is 12.8. The Morgan fingerprint density at radius 1 is 1.27 bits per heavy atom. The van der Waals surface area contributed by atoms with Gasteiger partial charge in [0.15, 0.2) is 5.82 Å². The van der Waals surface area contributed by atoms with Crippen LogP contribution in [0.1, 0.15) is 26.5 Å². The number of rotatable bonds is 0. The van der Waals surface area contributed by atoms with Crippen molar-refractivity contribution in [1.82, 2.24) is 0 Å². The number of hydrogen-bond donors (Lipinski definition) is 0. The lowest BCUT2D eigenvalue weighted by atomic mass is 9.93. The van der Waals surface area contributed by atoms with E-state index < -0.39 is 17.0 Å². The van der Waals surface area contributed by atoms with Gasteiger partial charge in [0.25, 0.3) is 0 Å². The van der Waals surface area contributed by atoms with E-state index in [1.54, 1.807) is 20.8 Å². The molecule has 1 rings (SSSR count). The van der Waals surface area contributed by atoms with Crippen molar-refractivity contribution in [2.24, 2.45) is 0 Å². The first-order chi connectivity index (χ1) is 4.93. The van der Waals surface area contributed by atoms with Crippen LogP contribution in [0.2, 0.25) is 0 Å². The topological polar surface area (TPSA) is 13.1 Å². The summed E-state index contributed by atoms with van der Waals surface area (Å²) < 4.78 is 29.9. The minimum atomic E-state index is -0.921. The molecular formula is C8H10F2O. The Morgan fingerprint density at radius 2 is 1.82 bits per heavy atom. The molecule has 11 heavy (non-hydrogen) atoms. The summed E-state index contributed by atoms with van der Waals surface area (Å²) in [7, 11) is 0. The van der Waals surface area contributed by atoms with E-state index in [2.05, 4.69) is 0 Å². The van der Waals surface area contributed by atoms with E-state index in [1.807, 2.05) is 0 Å². The number of furan rings is 1. The zero-order valence-electron chi connectivity index (χ0n) is 6.74. The molecule has 0 radical (unpaired) electrons. The third-order valence-electron chi connectivity index (χ3n) is 1.37. The summed E-state index contributed by atoms with van der Waals surface area (Å²) in [5.74, 6) is -1.73. The van der Waals surface area contributed by atoms with Crippen LogP contribution in [0.5, 0.6) is 0 Å². The summed E-state index contributed by atoms with van der Waals surface area (Å²) in [4.78, 5) is 0. The first-order valence-electron chi connectivity index (χ1n) is 3.36. The SMILES string of the molecule is CC(C)(C)c1occ(F)c1F. The Morgan fingerprint density at radius 3 is 2.00 bits per heavy atom. The van der Waals surface area contributed by atoms with Crippen molar-refractivity contribution in [3.8, 4) is 0 Å².